The van der Waals surface area contributed by atoms with Crippen molar-refractivity contribution in [2.45, 2.75) is 13.3 Å². The Morgan fingerprint density at radius 1 is 1.17 bits per heavy atom. The predicted molar refractivity (Wildman–Crippen MR) is 85.4 cm³/mol. The summed E-state index contributed by atoms with van der Waals surface area (Å²) in [6.45, 7) is 2.36. The number of rotatable bonds is 4. The van der Waals surface area contributed by atoms with Crippen LogP contribution in [0.1, 0.15) is 21.5 Å². The number of aryl methyl sites for hydroxylation is 1. The van der Waals surface area contributed by atoms with Gasteiger partial charge in [0.05, 0.1) is 5.56 Å². The zero-order valence-electron chi connectivity index (χ0n) is 12.6. The van der Waals surface area contributed by atoms with Gasteiger partial charge in [0, 0.05) is 23.6 Å². The predicted octanol–water partition coefficient (Wildman–Crippen LogP) is 3.73. The van der Waals surface area contributed by atoms with Gasteiger partial charge < -0.3 is 10.3 Å². The second kappa shape index (κ2) is 6.20. The van der Waals surface area contributed by atoms with Crippen molar-refractivity contribution < 1.29 is 13.6 Å². The van der Waals surface area contributed by atoms with E-state index in [1.54, 1.807) is 0 Å². The summed E-state index contributed by atoms with van der Waals surface area (Å²) in [4.78, 5) is 15.1. The highest BCUT2D eigenvalue weighted by atomic mass is 19.1. The van der Waals surface area contributed by atoms with Crippen LogP contribution in [0.2, 0.25) is 0 Å². The molecule has 0 saturated heterocycles. The third-order valence-corrected chi connectivity index (χ3v) is 3.78. The molecule has 0 radical (unpaired) electrons. The van der Waals surface area contributed by atoms with Crippen LogP contribution < -0.4 is 5.32 Å². The monoisotopic (exact) mass is 314 g/mol. The van der Waals surface area contributed by atoms with Gasteiger partial charge in [-0.25, -0.2) is 8.78 Å². The van der Waals surface area contributed by atoms with Crippen molar-refractivity contribution in [2.75, 3.05) is 6.54 Å². The molecule has 0 aliphatic heterocycles. The molecule has 0 bridgehead atoms. The number of nitrogens with one attached hydrogen (secondary N) is 2. The van der Waals surface area contributed by atoms with Crippen molar-refractivity contribution in [3.05, 3.63) is 70.9 Å². The van der Waals surface area contributed by atoms with Crippen LogP contribution in [0.3, 0.4) is 0 Å². The lowest BCUT2D eigenvalue weighted by Crippen LogP contribution is -2.26. The van der Waals surface area contributed by atoms with Crippen LogP contribution in [0.15, 0.2) is 42.6 Å². The Kier molecular flexibility index (Phi) is 4.10. The molecule has 3 aromatic rings. The maximum absolute atomic E-state index is 13.5. The first kappa shape index (κ1) is 15.2. The van der Waals surface area contributed by atoms with E-state index in [-0.39, 0.29) is 5.56 Å². The molecule has 1 heterocycles. The summed E-state index contributed by atoms with van der Waals surface area (Å²) in [5.74, 6) is -1.98. The normalized spacial score (nSPS) is 10.9. The number of H-pyrrole nitrogens is 1. The number of carbonyl (C=O) groups excluding carboxylic acids is 1. The molecular weight excluding hydrogens is 298 g/mol. The summed E-state index contributed by atoms with van der Waals surface area (Å²) in [6, 6.07) is 8.95. The van der Waals surface area contributed by atoms with E-state index in [0.717, 1.165) is 40.2 Å². The van der Waals surface area contributed by atoms with Gasteiger partial charge in [0.15, 0.2) is 0 Å². The molecule has 2 aromatic carbocycles. The summed E-state index contributed by atoms with van der Waals surface area (Å²) in [5, 5.41) is 3.73. The van der Waals surface area contributed by atoms with E-state index < -0.39 is 17.5 Å². The molecular formula is C18H16F2N2O. The third-order valence-electron chi connectivity index (χ3n) is 3.78. The average molecular weight is 314 g/mol. The topological polar surface area (TPSA) is 44.9 Å². The first-order valence-corrected chi connectivity index (χ1v) is 7.34. The summed E-state index contributed by atoms with van der Waals surface area (Å²) in [7, 11) is 0. The van der Waals surface area contributed by atoms with Gasteiger partial charge in [-0.2, -0.15) is 0 Å². The van der Waals surface area contributed by atoms with Crippen LogP contribution in [0, 0.1) is 18.6 Å². The molecule has 0 aliphatic rings. The first-order chi connectivity index (χ1) is 11.0. The zero-order valence-corrected chi connectivity index (χ0v) is 12.6. The van der Waals surface area contributed by atoms with Gasteiger partial charge in [-0.3, -0.25) is 4.79 Å². The number of hydrogen-bond donors (Lipinski definition) is 2. The third kappa shape index (κ3) is 3.23. The van der Waals surface area contributed by atoms with Crippen molar-refractivity contribution in [1.82, 2.24) is 10.3 Å². The van der Waals surface area contributed by atoms with E-state index in [9.17, 15) is 13.6 Å². The number of amides is 1. The van der Waals surface area contributed by atoms with Crippen molar-refractivity contribution in [3.8, 4) is 0 Å². The minimum absolute atomic E-state index is 0.278. The molecule has 0 spiro atoms. The van der Waals surface area contributed by atoms with E-state index in [2.05, 4.69) is 16.4 Å². The smallest absolute Gasteiger partial charge is 0.254 e. The standard InChI is InChI=1S/C18H16F2N2O/c1-11-2-5-17-14(8-11)12(10-22-17)6-7-21-18(23)15-9-13(19)3-4-16(15)20/h2-5,8-10,22H,6-7H2,1H3,(H,21,23). The number of carbonyl (C=O) groups is 1. The van der Waals surface area contributed by atoms with Gasteiger partial charge in [0.2, 0.25) is 0 Å². The van der Waals surface area contributed by atoms with E-state index >= 15 is 0 Å². The highest BCUT2D eigenvalue weighted by molar-refractivity contribution is 5.94. The Labute approximate surface area is 132 Å². The molecule has 0 unspecified atom stereocenters. The first-order valence-electron chi connectivity index (χ1n) is 7.34. The van der Waals surface area contributed by atoms with Crippen LogP contribution in [-0.4, -0.2) is 17.4 Å². The molecule has 1 aromatic heterocycles. The fourth-order valence-electron chi connectivity index (χ4n) is 2.58. The largest absolute Gasteiger partial charge is 0.361 e. The molecule has 3 nitrogen and oxygen atoms in total. The van der Waals surface area contributed by atoms with Gasteiger partial charge in [0.25, 0.3) is 5.91 Å². The summed E-state index contributed by atoms with van der Waals surface area (Å²) in [6.07, 6.45) is 2.51. The number of aromatic amines is 1. The quantitative estimate of drug-likeness (QED) is 0.757. The fourth-order valence-corrected chi connectivity index (χ4v) is 2.58. The van der Waals surface area contributed by atoms with Crippen LogP contribution in [-0.2, 0) is 6.42 Å². The lowest BCUT2D eigenvalue weighted by molar-refractivity contribution is 0.0949. The highest BCUT2D eigenvalue weighted by Crippen LogP contribution is 2.20. The maximum Gasteiger partial charge on any atom is 0.254 e. The highest BCUT2D eigenvalue weighted by Gasteiger charge is 2.12. The minimum atomic E-state index is -0.730. The van der Waals surface area contributed by atoms with E-state index in [0.29, 0.717) is 13.0 Å². The second-order valence-corrected chi connectivity index (χ2v) is 5.49. The van der Waals surface area contributed by atoms with Gasteiger partial charge >= 0.3 is 0 Å². The van der Waals surface area contributed by atoms with E-state index in [4.69, 9.17) is 0 Å². The van der Waals surface area contributed by atoms with Crippen molar-refractivity contribution in [1.29, 1.82) is 0 Å². The fraction of sp³-hybridized carbons (Fsp3) is 0.167. The number of fused-ring (bicyclic) bond motifs is 1. The number of benzene rings is 2. The van der Waals surface area contributed by atoms with Crippen LogP contribution in [0.5, 0.6) is 0 Å². The van der Waals surface area contributed by atoms with Crippen molar-refractivity contribution in [2.24, 2.45) is 0 Å². The lowest BCUT2D eigenvalue weighted by atomic mass is 10.1. The Morgan fingerprint density at radius 2 is 2.00 bits per heavy atom. The molecule has 23 heavy (non-hydrogen) atoms. The van der Waals surface area contributed by atoms with Crippen molar-refractivity contribution in [3.63, 3.8) is 0 Å². The maximum atomic E-state index is 13.5. The van der Waals surface area contributed by atoms with E-state index in [1.807, 2.05) is 25.3 Å². The molecule has 0 saturated carbocycles. The summed E-state index contributed by atoms with van der Waals surface area (Å²) in [5.41, 5.74) is 2.99. The number of halogens is 2. The Balaban J connectivity index is 1.67. The molecule has 1 amide bonds. The van der Waals surface area contributed by atoms with Crippen LogP contribution in [0.4, 0.5) is 8.78 Å². The van der Waals surface area contributed by atoms with Gasteiger partial charge in [-0.1, -0.05) is 11.6 Å². The summed E-state index contributed by atoms with van der Waals surface area (Å²) >= 11 is 0. The number of aromatic nitrogens is 1. The Morgan fingerprint density at radius 3 is 2.83 bits per heavy atom. The molecule has 2 N–H and O–H groups in total. The van der Waals surface area contributed by atoms with Gasteiger partial charge in [0.1, 0.15) is 11.6 Å². The van der Waals surface area contributed by atoms with Gasteiger partial charge in [-0.05, 0) is 49.2 Å². The molecule has 3 rings (SSSR count). The average Bonchev–Trinajstić information content (AvgIpc) is 2.92. The SMILES string of the molecule is Cc1ccc2[nH]cc(CCNC(=O)c3cc(F)ccc3F)c2c1. The van der Waals surface area contributed by atoms with E-state index in [1.165, 1.54) is 0 Å². The minimum Gasteiger partial charge on any atom is -0.361 e. The number of hydrogen-bond acceptors (Lipinski definition) is 1. The molecule has 0 atom stereocenters. The van der Waals surface area contributed by atoms with Gasteiger partial charge in [-0.15, -0.1) is 0 Å². The molecule has 0 fully saturated rings. The molecule has 118 valence electrons. The van der Waals surface area contributed by atoms with Crippen LogP contribution >= 0.6 is 0 Å². The second-order valence-electron chi connectivity index (χ2n) is 5.49. The Hall–Kier alpha value is -2.69. The molecule has 5 heteroatoms. The Bertz CT molecular complexity index is 871. The van der Waals surface area contributed by atoms with Crippen molar-refractivity contribution >= 4 is 16.8 Å². The van der Waals surface area contributed by atoms with Crippen LogP contribution in [0.25, 0.3) is 10.9 Å². The summed E-state index contributed by atoms with van der Waals surface area (Å²) < 4.78 is 26.7. The zero-order chi connectivity index (χ0) is 16.4. The molecule has 0 aliphatic carbocycles. The lowest BCUT2D eigenvalue weighted by Gasteiger charge is -2.06.